The topological polar surface area (TPSA) is 118 Å². The van der Waals surface area contributed by atoms with E-state index in [1.165, 1.54) is 20.8 Å². The summed E-state index contributed by atoms with van der Waals surface area (Å²) in [6, 6.07) is 0. The predicted molar refractivity (Wildman–Crippen MR) is 111 cm³/mol. The van der Waals surface area contributed by atoms with Gasteiger partial charge in [-0.05, 0) is 12.8 Å². The zero-order chi connectivity index (χ0) is 23.2. The van der Waals surface area contributed by atoms with Crippen LogP contribution in [0.25, 0.3) is 0 Å². The molecule has 1 N–H and O–H groups in total. The van der Waals surface area contributed by atoms with E-state index in [2.05, 4.69) is 0 Å². The monoisotopic (exact) mass is 446 g/mol. The van der Waals surface area contributed by atoms with E-state index in [4.69, 9.17) is 28.8 Å². The molecule has 180 valence electrons. The lowest BCUT2D eigenvalue weighted by Gasteiger charge is -2.43. The summed E-state index contributed by atoms with van der Waals surface area (Å²) in [7, 11) is 0. The van der Waals surface area contributed by atoms with Gasteiger partial charge in [0, 0.05) is 39.9 Å². The number of carbonyl (C=O) groups excluding carboxylic acids is 3. The van der Waals surface area contributed by atoms with Crippen molar-refractivity contribution in [1.82, 2.24) is 0 Å². The van der Waals surface area contributed by atoms with Gasteiger partial charge in [-0.1, -0.05) is 39.0 Å². The Morgan fingerprint density at radius 2 is 1.35 bits per heavy atom. The zero-order valence-electron chi connectivity index (χ0n) is 19.2. The molecule has 1 saturated heterocycles. The molecule has 5 atom stereocenters. The van der Waals surface area contributed by atoms with Gasteiger partial charge in [0.2, 0.25) is 0 Å². The molecule has 0 amide bonds. The Morgan fingerprint density at radius 3 is 1.90 bits per heavy atom. The predicted octanol–water partition coefficient (Wildman–Crippen LogP) is 2.51. The van der Waals surface area contributed by atoms with Gasteiger partial charge in [0.25, 0.3) is 0 Å². The average Bonchev–Trinajstić information content (AvgIpc) is 2.69. The van der Waals surface area contributed by atoms with Gasteiger partial charge in [0.05, 0.1) is 0 Å². The third kappa shape index (κ3) is 10.9. The Morgan fingerprint density at radius 1 is 0.806 bits per heavy atom. The van der Waals surface area contributed by atoms with Crippen molar-refractivity contribution in [1.29, 1.82) is 0 Å². The Hall–Kier alpha value is -1.71. The van der Waals surface area contributed by atoms with E-state index in [-0.39, 0.29) is 19.1 Å². The number of hydrogen-bond acceptors (Lipinski definition) is 9. The van der Waals surface area contributed by atoms with Crippen molar-refractivity contribution >= 4 is 17.9 Å². The second-order valence-corrected chi connectivity index (χ2v) is 7.92. The van der Waals surface area contributed by atoms with Gasteiger partial charge < -0.3 is 28.8 Å². The molecule has 0 aromatic heterocycles. The molecular formula is C22H38O9. The van der Waals surface area contributed by atoms with Gasteiger partial charge >= 0.3 is 17.9 Å². The van der Waals surface area contributed by atoms with Crippen LogP contribution in [0.15, 0.2) is 0 Å². The summed E-state index contributed by atoms with van der Waals surface area (Å²) in [5.74, 6) is -1.88. The summed E-state index contributed by atoms with van der Waals surface area (Å²) in [5, 5.41) is 8.79. The molecule has 1 aliphatic rings. The SMILES string of the molecule is CC(=O)OC[C@H]1O[C@H](OCCCCCCCCCO)[C@@H](OC(C)=O)[C@@H](OC(C)=O)[C@@H]1C. The quantitative estimate of drug-likeness (QED) is 0.244. The maximum absolute atomic E-state index is 11.7. The van der Waals surface area contributed by atoms with E-state index in [9.17, 15) is 14.4 Å². The molecule has 0 radical (unpaired) electrons. The minimum Gasteiger partial charge on any atom is -0.463 e. The largest absolute Gasteiger partial charge is 0.463 e. The van der Waals surface area contributed by atoms with Crippen LogP contribution in [0.1, 0.15) is 72.6 Å². The van der Waals surface area contributed by atoms with Crippen LogP contribution in [-0.2, 0) is 38.1 Å². The Bertz CT molecular complexity index is 551. The molecule has 0 saturated carbocycles. The van der Waals surface area contributed by atoms with Crippen LogP contribution in [0, 0.1) is 5.92 Å². The molecule has 1 aliphatic heterocycles. The van der Waals surface area contributed by atoms with Crippen molar-refractivity contribution in [3.8, 4) is 0 Å². The Balaban J connectivity index is 2.68. The summed E-state index contributed by atoms with van der Waals surface area (Å²) in [5.41, 5.74) is 0. The zero-order valence-corrected chi connectivity index (χ0v) is 19.2. The smallest absolute Gasteiger partial charge is 0.303 e. The minimum atomic E-state index is -0.936. The lowest BCUT2D eigenvalue weighted by atomic mass is 9.90. The molecule has 1 fully saturated rings. The van der Waals surface area contributed by atoms with Crippen LogP contribution in [-0.4, -0.2) is 67.4 Å². The molecular weight excluding hydrogens is 408 g/mol. The third-order valence-electron chi connectivity index (χ3n) is 5.15. The molecule has 0 spiro atoms. The lowest BCUT2D eigenvalue weighted by molar-refractivity contribution is -0.294. The fourth-order valence-electron chi connectivity index (χ4n) is 3.54. The standard InChI is InChI=1S/C22H38O9/c1-15-19(14-28-16(2)24)31-22(21(30-18(4)26)20(15)29-17(3)25)27-13-11-9-7-5-6-8-10-12-23/h15,19-23H,5-14H2,1-4H3/t15-,19-,20+,21+,22+/m1/s1. The van der Waals surface area contributed by atoms with Gasteiger partial charge in [-0.15, -0.1) is 0 Å². The first-order valence-electron chi connectivity index (χ1n) is 11.1. The molecule has 1 rings (SSSR count). The highest BCUT2D eigenvalue weighted by Gasteiger charge is 2.48. The third-order valence-corrected chi connectivity index (χ3v) is 5.15. The minimum absolute atomic E-state index is 0.0191. The molecule has 1 heterocycles. The number of ether oxygens (including phenoxy) is 5. The number of esters is 3. The summed E-state index contributed by atoms with van der Waals surface area (Å²) < 4.78 is 27.8. The summed E-state index contributed by atoms with van der Waals surface area (Å²) >= 11 is 0. The van der Waals surface area contributed by atoms with Gasteiger partial charge in [-0.2, -0.15) is 0 Å². The maximum atomic E-state index is 11.7. The van der Waals surface area contributed by atoms with E-state index in [0.717, 1.165) is 44.9 Å². The summed E-state index contributed by atoms with van der Waals surface area (Å²) in [6.45, 7) is 6.25. The molecule has 0 aromatic rings. The van der Waals surface area contributed by atoms with Crippen molar-refractivity contribution < 1.29 is 43.2 Å². The lowest BCUT2D eigenvalue weighted by Crippen LogP contribution is -2.58. The van der Waals surface area contributed by atoms with E-state index in [0.29, 0.717) is 6.61 Å². The van der Waals surface area contributed by atoms with Crippen molar-refractivity contribution in [2.24, 2.45) is 5.92 Å². The van der Waals surface area contributed by atoms with E-state index >= 15 is 0 Å². The molecule has 9 heteroatoms. The molecule has 0 bridgehead atoms. The average molecular weight is 447 g/mol. The number of rotatable bonds is 14. The molecule has 9 nitrogen and oxygen atoms in total. The van der Waals surface area contributed by atoms with Crippen molar-refractivity contribution in [2.75, 3.05) is 19.8 Å². The van der Waals surface area contributed by atoms with Crippen LogP contribution in [0.2, 0.25) is 0 Å². The van der Waals surface area contributed by atoms with Crippen LogP contribution in [0.5, 0.6) is 0 Å². The number of hydrogen-bond donors (Lipinski definition) is 1. The van der Waals surface area contributed by atoms with Gasteiger partial charge in [-0.25, -0.2) is 0 Å². The highest BCUT2D eigenvalue weighted by Crippen LogP contribution is 2.31. The number of unbranched alkanes of at least 4 members (excludes halogenated alkanes) is 6. The molecule has 0 aromatic carbocycles. The van der Waals surface area contributed by atoms with Crippen molar-refractivity contribution in [3.63, 3.8) is 0 Å². The van der Waals surface area contributed by atoms with E-state index < -0.39 is 42.5 Å². The first kappa shape index (κ1) is 27.3. The molecule has 0 unspecified atom stereocenters. The van der Waals surface area contributed by atoms with Gasteiger partial charge in [-0.3, -0.25) is 14.4 Å². The Labute approximate surface area is 184 Å². The summed E-state index contributed by atoms with van der Waals surface area (Å²) in [6.07, 6.45) is 3.72. The van der Waals surface area contributed by atoms with E-state index in [1.807, 2.05) is 0 Å². The van der Waals surface area contributed by atoms with Gasteiger partial charge in [0.1, 0.15) is 18.8 Å². The van der Waals surface area contributed by atoms with E-state index in [1.54, 1.807) is 6.92 Å². The maximum Gasteiger partial charge on any atom is 0.303 e. The first-order chi connectivity index (χ1) is 14.8. The molecule has 31 heavy (non-hydrogen) atoms. The summed E-state index contributed by atoms with van der Waals surface area (Å²) in [4.78, 5) is 34.5. The number of aliphatic hydroxyl groups is 1. The Kier molecular flexibility index (Phi) is 13.4. The van der Waals surface area contributed by atoms with Crippen LogP contribution in [0.4, 0.5) is 0 Å². The van der Waals surface area contributed by atoms with Crippen molar-refractivity contribution in [3.05, 3.63) is 0 Å². The second kappa shape index (κ2) is 15.2. The number of carbonyl (C=O) groups is 3. The second-order valence-electron chi connectivity index (χ2n) is 7.92. The van der Waals surface area contributed by atoms with Crippen LogP contribution in [0.3, 0.4) is 0 Å². The van der Waals surface area contributed by atoms with Crippen LogP contribution < -0.4 is 0 Å². The number of aliphatic hydroxyl groups excluding tert-OH is 1. The normalized spacial score (nSPS) is 25.6. The van der Waals surface area contributed by atoms with Crippen LogP contribution >= 0.6 is 0 Å². The fourth-order valence-corrected chi connectivity index (χ4v) is 3.54. The fraction of sp³-hybridized carbons (Fsp3) is 0.864. The highest BCUT2D eigenvalue weighted by atomic mass is 16.7. The van der Waals surface area contributed by atoms with Crippen molar-refractivity contribution in [2.45, 2.75) is 97.2 Å². The molecule has 0 aliphatic carbocycles. The first-order valence-corrected chi connectivity index (χ1v) is 11.1. The van der Waals surface area contributed by atoms with Gasteiger partial charge in [0.15, 0.2) is 12.4 Å². The highest BCUT2D eigenvalue weighted by molar-refractivity contribution is 5.67.